The minimum Gasteiger partial charge on any atom is -0.379 e. The zero-order valence-corrected chi connectivity index (χ0v) is 14.3. The number of hydrogen-bond donors (Lipinski definition) is 1. The van der Waals surface area contributed by atoms with E-state index in [2.05, 4.69) is 16.0 Å². The van der Waals surface area contributed by atoms with Crippen molar-refractivity contribution in [3.8, 4) is 0 Å². The average molecular weight is 347 g/mol. The van der Waals surface area contributed by atoms with Gasteiger partial charge < -0.3 is 14.6 Å². The largest absolute Gasteiger partial charge is 0.379 e. The van der Waals surface area contributed by atoms with Gasteiger partial charge in [0.05, 0.1) is 19.5 Å². The molecule has 2 aromatic heterocycles. The normalized spacial score (nSPS) is 18.3. The number of carbonyl (C=O) groups excluding carboxylic acids is 1. The van der Waals surface area contributed by atoms with Crippen molar-refractivity contribution in [1.82, 2.24) is 14.9 Å². The van der Waals surface area contributed by atoms with Crippen LogP contribution in [0.4, 0.5) is 0 Å². The second kappa shape index (κ2) is 8.21. The van der Waals surface area contributed by atoms with E-state index in [4.69, 9.17) is 4.74 Å². The monoisotopic (exact) mass is 347 g/mol. The molecule has 7 heteroatoms. The maximum Gasteiger partial charge on any atom is 0.250 e. The lowest BCUT2D eigenvalue weighted by Crippen LogP contribution is -2.36. The van der Waals surface area contributed by atoms with Crippen LogP contribution in [0.2, 0.25) is 0 Å². The molecular formula is C17H21N3O3S. The smallest absolute Gasteiger partial charge is 0.250 e. The Kier molecular flexibility index (Phi) is 5.77. The lowest BCUT2D eigenvalue weighted by atomic mass is 10.0. The number of nitrogens with zero attached hydrogens (tertiary/aromatic N) is 2. The molecule has 2 aromatic rings. The van der Waals surface area contributed by atoms with Gasteiger partial charge in [0, 0.05) is 42.1 Å². The third-order valence-electron chi connectivity index (χ3n) is 4.09. The lowest BCUT2D eigenvalue weighted by Gasteiger charge is -2.23. The molecule has 0 saturated carbocycles. The van der Waals surface area contributed by atoms with Crippen molar-refractivity contribution in [3.63, 3.8) is 0 Å². The summed E-state index contributed by atoms with van der Waals surface area (Å²) in [6.45, 7) is 2.42. The molecule has 0 bridgehead atoms. The fourth-order valence-corrected chi connectivity index (χ4v) is 3.60. The molecule has 3 heterocycles. The number of H-pyrrole nitrogens is 1. The van der Waals surface area contributed by atoms with E-state index in [1.165, 1.54) is 17.3 Å². The van der Waals surface area contributed by atoms with Gasteiger partial charge in [-0.3, -0.25) is 9.59 Å². The van der Waals surface area contributed by atoms with Crippen LogP contribution in [-0.2, 0) is 22.4 Å². The minimum absolute atomic E-state index is 0.154. The first-order valence-corrected chi connectivity index (χ1v) is 9.00. The number of carbonyl (C=O) groups is 1. The van der Waals surface area contributed by atoms with Crippen LogP contribution in [0.1, 0.15) is 17.0 Å². The van der Waals surface area contributed by atoms with Gasteiger partial charge in [0.2, 0.25) is 5.91 Å². The summed E-state index contributed by atoms with van der Waals surface area (Å²) in [4.78, 5) is 33.7. The SMILES string of the molecule is O=C(CCc1cccs1)N1CCOCC(Cc2cc(=O)[nH]cn2)C1. The summed E-state index contributed by atoms with van der Waals surface area (Å²) in [6, 6.07) is 5.58. The van der Waals surface area contributed by atoms with E-state index in [0.717, 1.165) is 12.1 Å². The van der Waals surface area contributed by atoms with Gasteiger partial charge in [0.1, 0.15) is 0 Å². The highest BCUT2D eigenvalue weighted by Crippen LogP contribution is 2.15. The molecule has 1 N–H and O–H groups in total. The summed E-state index contributed by atoms with van der Waals surface area (Å²) in [5.41, 5.74) is 0.582. The van der Waals surface area contributed by atoms with Crippen molar-refractivity contribution in [1.29, 1.82) is 0 Å². The summed E-state index contributed by atoms with van der Waals surface area (Å²) in [5.74, 6) is 0.324. The number of thiophene rings is 1. The predicted octanol–water partition coefficient (Wildman–Crippen LogP) is 1.48. The summed E-state index contributed by atoms with van der Waals surface area (Å²) in [7, 11) is 0. The fourth-order valence-electron chi connectivity index (χ4n) is 2.89. The first-order chi connectivity index (χ1) is 11.7. The highest BCUT2D eigenvalue weighted by Gasteiger charge is 2.23. The molecule has 1 fully saturated rings. The van der Waals surface area contributed by atoms with E-state index >= 15 is 0 Å². The van der Waals surface area contributed by atoms with Gasteiger partial charge in [-0.25, -0.2) is 4.98 Å². The zero-order valence-electron chi connectivity index (χ0n) is 13.4. The van der Waals surface area contributed by atoms with Gasteiger partial charge in [0.15, 0.2) is 0 Å². The summed E-state index contributed by atoms with van der Waals surface area (Å²) in [6.07, 6.45) is 3.36. The first kappa shape index (κ1) is 16.9. The molecule has 1 aliphatic heterocycles. The number of aromatic amines is 1. The number of aromatic nitrogens is 2. The van der Waals surface area contributed by atoms with Crippen LogP contribution in [0, 0.1) is 5.92 Å². The van der Waals surface area contributed by atoms with Crippen molar-refractivity contribution in [3.05, 3.63) is 50.8 Å². The van der Waals surface area contributed by atoms with Crippen molar-refractivity contribution in [2.75, 3.05) is 26.3 Å². The van der Waals surface area contributed by atoms with Crippen molar-refractivity contribution in [2.45, 2.75) is 19.3 Å². The second-order valence-electron chi connectivity index (χ2n) is 5.97. The maximum absolute atomic E-state index is 12.5. The van der Waals surface area contributed by atoms with E-state index in [1.54, 1.807) is 11.3 Å². The Morgan fingerprint density at radius 1 is 1.50 bits per heavy atom. The summed E-state index contributed by atoms with van der Waals surface area (Å²) in [5, 5.41) is 2.03. The van der Waals surface area contributed by atoms with Crippen molar-refractivity contribution < 1.29 is 9.53 Å². The second-order valence-corrected chi connectivity index (χ2v) is 7.00. The van der Waals surface area contributed by atoms with E-state index in [9.17, 15) is 9.59 Å². The number of ether oxygens (including phenoxy) is 1. The van der Waals surface area contributed by atoms with Crippen LogP contribution in [0.25, 0.3) is 0 Å². The Bertz CT molecular complexity index is 714. The maximum atomic E-state index is 12.5. The molecule has 1 atom stereocenters. The first-order valence-electron chi connectivity index (χ1n) is 8.12. The average Bonchev–Trinajstić information content (AvgIpc) is 2.98. The summed E-state index contributed by atoms with van der Waals surface area (Å²) >= 11 is 1.68. The Morgan fingerprint density at radius 3 is 3.21 bits per heavy atom. The van der Waals surface area contributed by atoms with E-state index < -0.39 is 0 Å². The fraction of sp³-hybridized carbons (Fsp3) is 0.471. The van der Waals surface area contributed by atoms with Gasteiger partial charge in [-0.15, -0.1) is 11.3 Å². The van der Waals surface area contributed by atoms with Crippen LogP contribution in [0.15, 0.2) is 34.7 Å². The molecule has 128 valence electrons. The molecule has 24 heavy (non-hydrogen) atoms. The summed E-state index contributed by atoms with van der Waals surface area (Å²) < 4.78 is 5.63. The van der Waals surface area contributed by atoms with Crippen molar-refractivity contribution >= 4 is 17.2 Å². The van der Waals surface area contributed by atoms with Crippen LogP contribution >= 0.6 is 11.3 Å². The van der Waals surface area contributed by atoms with Crippen LogP contribution in [-0.4, -0.2) is 47.1 Å². The van der Waals surface area contributed by atoms with Gasteiger partial charge in [-0.1, -0.05) is 6.07 Å². The van der Waals surface area contributed by atoms with Crippen LogP contribution < -0.4 is 5.56 Å². The lowest BCUT2D eigenvalue weighted by molar-refractivity contribution is -0.131. The number of hydrogen-bond acceptors (Lipinski definition) is 5. The molecule has 0 spiro atoms. The number of amides is 1. The van der Waals surface area contributed by atoms with Gasteiger partial charge >= 0.3 is 0 Å². The molecule has 3 rings (SSSR count). The Labute approximate surface area is 144 Å². The molecular weight excluding hydrogens is 326 g/mol. The molecule has 1 aliphatic rings. The van der Waals surface area contributed by atoms with Gasteiger partial charge in [-0.05, 0) is 24.3 Å². The molecule has 6 nitrogen and oxygen atoms in total. The Morgan fingerprint density at radius 2 is 2.42 bits per heavy atom. The van der Waals surface area contributed by atoms with Gasteiger partial charge in [0.25, 0.3) is 5.56 Å². The standard InChI is InChI=1S/C17H21N3O3S/c21-16-9-14(18-12-19-16)8-13-10-20(5-6-23-11-13)17(22)4-3-15-2-1-7-24-15/h1-2,7,9,12-13H,3-6,8,10-11H2,(H,18,19,21). The third kappa shape index (κ3) is 4.75. The van der Waals surface area contributed by atoms with Crippen LogP contribution in [0.5, 0.6) is 0 Å². The zero-order chi connectivity index (χ0) is 16.8. The van der Waals surface area contributed by atoms with Crippen molar-refractivity contribution in [2.24, 2.45) is 5.92 Å². The Balaban J connectivity index is 1.57. The molecule has 0 radical (unpaired) electrons. The number of rotatable bonds is 5. The highest BCUT2D eigenvalue weighted by molar-refractivity contribution is 7.09. The van der Waals surface area contributed by atoms with E-state index in [0.29, 0.717) is 39.1 Å². The molecule has 1 unspecified atom stereocenters. The number of nitrogens with one attached hydrogen (secondary N) is 1. The van der Waals surface area contributed by atoms with Crippen LogP contribution in [0.3, 0.4) is 0 Å². The number of aryl methyl sites for hydroxylation is 1. The minimum atomic E-state index is -0.154. The topological polar surface area (TPSA) is 75.3 Å². The quantitative estimate of drug-likeness (QED) is 0.889. The van der Waals surface area contributed by atoms with E-state index in [-0.39, 0.29) is 17.4 Å². The predicted molar refractivity (Wildman–Crippen MR) is 92.1 cm³/mol. The molecule has 1 amide bonds. The molecule has 0 aliphatic carbocycles. The highest BCUT2D eigenvalue weighted by atomic mass is 32.1. The third-order valence-corrected chi connectivity index (χ3v) is 5.02. The van der Waals surface area contributed by atoms with Gasteiger partial charge in [-0.2, -0.15) is 0 Å². The van der Waals surface area contributed by atoms with E-state index in [1.807, 2.05) is 16.3 Å². The molecule has 0 aromatic carbocycles. The molecule has 1 saturated heterocycles. The Hall–Kier alpha value is -1.99.